The molecule has 4 saturated carbocycles. The van der Waals surface area contributed by atoms with Gasteiger partial charge in [-0.05, 0) is 79.7 Å². The average molecular weight is 441 g/mol. The number of esters is 1. The fraction of sp³-hybridized carbons (Fsp3) is 0.741. The molecule has 1 aromatic carbocycles. The number of rotatable bonds is 8. The van der Waals surface area contributed by atoms with Crippen LogP contribution < -0.4 is 9.64 Å². The molecule has 5 fully saturated rings. The maximum atomic E-state index is 12.7. The van der Waals surface area contributed by atoms with Crippen molar-refractivity contribution in [2.24, 2.45) is 22.7 Å². The van der Waals surface area contributed by atoms with Gasteiger partial charge in [0.15, 0.2) is 0 Å². The minimum absolute atomic E-state index is 0.0524. The Morgan fingerprint density at radius 1 is 1.06 bits per heavy atom. The molecule has 4 aliphatic carbocycles. The quantitative estimate of drug-likeness (QED) is 0.431. The molecule has 1 aliphatic heterocycles. The van der Waals surface area contributed by atoms with Crippen molar-refractivity contribution in [2.75, 3.05) is 51.3 Å². The highest BCUT2D eigenvalue weighted by molar-refractivity contribution is 5.70. The molecule has 1 aromatic rings. The van der Waals surface area contributed by atoms with Crippen molar-refractivity contribution < 1.29 is 14.3 Å². The lowest BCUT2D eigenvalue weighted by molar-refractivity contribution is -0.156. The van der Waals surface area contributed by atoms with Crippen LogP contribution in [0.5, 0.6) is 5.75 Å². The van der Waals surface area contributed by atoms with Gasteiger partial charge in [0.05, 0.1) is 25.8 Å². The normalized spacial score (nSPS) is 34.0. The zero-order valence-electron chi connectivity index (χ0n) is 20.0. The second kappa shape index (κ2) is 8.89. The molecule has 6 rings (SSSR count). The zero-order valence-corrected chi connectivity index (χ0v) is 20.0. The van der Waals surface area contributed by atoms with E-state index in [0.29, 0.717) is 18.4 Å². The number of nitrogens with zero attached hydrogens (tertiary/aromatic N) is 2. The summed E-state index contributed by atoms with van der Waals surface area (Å²) in [4.78, 5) is 17.6. The van der Waals surface area contributed by atoms with Crippen molar-refractivity contribution in [1.82, 2.24) is 4.90 Å². The summed E-state index contributed by atoms with van der Waals surface area (Å²) in [6.45, 7) is 8.12. The van der Waals surface area contributed by atoms with Crippen LogP contribution in [0.25, 0.3) is 0 Å². The number of benzene rings is 1. The van der Waals surface area contributed by atoms with Crippen LogP contribution >= 0.6 is 0 Å². The van der Waals surface area contributed by atoms with Gasteiger partial charge in [0, 0.05) is 32.7 Å². The fourth-order valence-corrected chi connectivity index (χ4v) is 8.07. The smallest absolute Gasteiger partial charge is 0.306 e. The van der Waals surface area contributed by atoms with E-state index in [1.807, 2.05) is 12.1 Å². The van der Waals surface area contributed by atoms with E-state index in [1.165, 1.54) is 44.2 Å². The van der Waals surface area contributed by atoms with Crippen LogP contribution in [-0.4, -0.2) is 57.3 Å². The molecular weight excluding hydrogens is 400 g/mol. The Hall–Kier alpha value is -1.75. The highest BCUT2D eigenvalue weighted by Crippen LogP contribution is 2.66. The van der Waals surface area contributed by atoms with E-state index in [9.17, 15) is 4.79 Å². The number of hydrogen-bond donors (Lipinski definition) is 0. The third-order valence-corrected chi connectivity index (χ3v) is 8.67. The summed E-state index contributed by atoms with van der Waals surface area (Å²) in [5.74, 6) is 2.73. The van der Waals surface area contributed by atoms with Crippen LogP contribution in [0, 0.1) is 22.7 Å². The standard InChI is InChI=1S/C27H40N2O3/c1-26-15-21-14-22(16-26)18-27(17-21,20-26)19-25(30)32-13-5-8-28-9-11-29(12-10-28)23-6-3-4-7-24(23)31-2/h3-4,6-7,21-22H,5,8-20H2,1-2H3/t21-,22+,26?,27?. The Labute approximate surface area is 193 Å². The predicted molar refractivity (Wildman–Crippen MR) is 127 cm³/mol. The molecule has 5 aliphatic rings. The molecule has 1 saturated heterocycles. The summed E-state index contributed by atoms with van der Waals surface area (Å²) < 4.78 is 11.2. The van der Waals surface area contributed by atoms with Crippen LogP contribution in [0.15, 0.2) is 24.3 Å². The van der Waals surface area contributed by atoms with E-state index < -0.39 is 0 Å². The van der Waals surface area contributed by atoms with Crippen LogP contribution in [0.3, 0.4) is 0 Å². The van der Waals surface area contributed by atoms with E-state index in [1.54, 1.807) is 7.11 Å². The SMILES string of the molecule is COc1ccccc1N1CCN(CCCOC(=O)CC23C[C@@H]4C[C@@H](CC(C)(C4)C2)C3)CC1. The molecule has 2 unspecified atom stereocenters. The first-order valence-corrected chi connectivity index (χ1v) is 12.7. The van der Waals surface area contributed by atoms with Gasteiger partial charge in [0.25, 0.3) is 0 Å². The van der Waals surface area contributed by atoms with Gasteiger partial charge in [-0.25, -0.2) is 0 Å². The molecule has 32 heavy (non-hydrogen) atoms. The van der Waals surface area contributed by atoms with Crippen molar-refractivity contribution >= 4 is 11.7 Å². The molecule has 0 N–H and O–H groups in total. The number of anilines is 1. The maximum Gasteiger partial charge on any atom is 0.306 e. The largest absolute Gasteiger partial charge is 0.495 e. The van der Waals surface area contributed by atoms with Crippen molar-refractivity contribution in [2.45, 2.75) is 58.3 Å². The van der Waals surface area contributed by atoms with Gasteiger partial charge < -0.3 is 14.4 Å². The van der Waals surface area contributed by atoms with Crippen molar-refractivity contribution in [3.63, 3.8) is 0 Å². The Bertz CT molecular complexity index is 803. The van der Waals surface area contributed by atoms with Crippen LogP contribution in [0.2, 0.25) is 0 Å². The Morgan fingerprint density at radius 2 is 1.78 bits per heavy atom. The average Bonchev–Trinajstić information content (AvgIpc) is 2.75. The first-order valence-electron chi connectivity index (χ1n) is 12.7. The number of hydrogen-bond acceptors (Lipinski definition) is 5. The van der Waals surface area contributed by atoms with Crippen LogP contribution in [0.4, 0.5) is 5.69 Å². The molecule has 5 nitrogen and oxygen atoms in total. The van der Waals surface area contributed by atoms with E-state index in [4.69, 9.17) is 9.47 Å². The zero-order chi connectivity index (χ0) is 22.2. The number of methoxy groups -OCH3 is 1. The van der Waals surface area contributed by atoms with E-state index in [0.717, 1.165) is 56.7 Å². The Balaban J connectivity index is 1.02. The first-order chi connectivity index (χ1) is 15.5. The number of ether oxygens (including phenoxy) is 2. The monoisotopic (exact) mass is 440 g/mol. The molecule has 0 amide bonds. The molecule has 0 spiro atoms. The summed E-state index contributed by atoms with van der Waals surface area (Å²) in [6, 6.07) is 8.25. The van der Waals surface area contributed by atoms with Gasteiger partial charge in [-0.3, -0.25) is 9.69 Å². The summed E-state index contributed by atoms with van der Waals surface area (Å²) in [7, 11) is 1.74. The second-order valence-electron chi connectivity index (χ2n) is 11.5. The lowest BCUT2D eigenvalue weighted by Gasteiger charge is -2.61. The molecular formula is C27H40N2O3. The van der Waals surface area contributed by atoms with Gasteiger partial charge in [-0.1, -0.05) is 19.1 Å². The summed E-state index contributed by atoms with van der Waals surface area (Å²) in [5.41, 5.74) is 1.93. The molecule has 176 valence electrons. The predicted octanol–water partition coefficient (Wildman–Crippen LogP) is 4.75. The van der Waals surface area contributed by atoms with Gasteiger partial charge in [0.2, 0.25) is 0 Å². The molecule has 0 aromatic heterocycles. The lowest BCUT2D eigenvalue weighted by atomic mass is 9.44. The number of piperazine rings is 1. The number of carbonyl (C=O) groups is 1. The summed E-state index contributed by atoms with van der Waals surface area (Å²) >= 11 is 0. The van der Waals surface area contributed by atoms with Crippen molar-refractivity contribution in [3.05, 3.63) is 24.3 Å². The van der Waals surface area contributed by atoms with Crippen molar-refractivity contribution in [1.29, 1.82) is 0 Å². The highest BCUT2D eigenvalue weighted by atomic mass is 16.5. The topological polar surface area (TPSA) is 42.0 Å². The van der Waals surface area contributed by atoms with Crippen molar-refractivity contribution in [3.8, 4) is 5.75 Å². The lowest BCUT2D eigenvalue weighted by Crippen LogP contribution is -2.51. The Kier molecular flexibility index (Phi) is 6.13. The van der Waals surface area contributed by atoms with E-state index >= 15 is 0 Å². The van der Waals surface area contributed by atoms with Gasteiger partial charge in [-0.15, -0.1) is 0 Å². The molecule has 5 heteroatoms. The van der Waals surface area contributed by atoms with Crippen LogP contribution in [0.1, 0.15) is 58.3 Å². The third-order valence-electron chi connectivity index (χ3n) is 8.67. The van der Waals surface area contributed by atoms with Crippen LogP contribution in [-0.2, 0) is 9.53 Å². The Morgan fingerprint density at radius 3 is 2.47 bits per heavy atom. The highest BCUT2D eigenvalue weighted by Gasteiger charge is 2.56. The third kappa shape index (κ3) is 4.64. The minimum atomic E-state index is 0.0524. The molecule has 4 atom stereocenters. The summed E-state index contributed by atoms with van der Waals surface area (Å²) in [5, 5.41) is 0. The molecule has 1 heterocycles. The first kappa shape index (κ1) is 22.1. The van der Waals surface area contributed by atoms with Gasteiger partial charge >= 0.3 is 5.97 Å². The second-order valence-corrected chi connectivity index (χ2v) is 11.5. The minimum Gasteiger partial charge on any atom is -0.495 e. The van der Waals surface area contributed by atoms with Gasteiger partial charge in [0.1, 0.15) is 5.75 Å². The molecule has 0 radical (unpaired) electrons. The fourth-order valence-electron chi connectivity index (χ4n) is 8.07. The van der Waals surface area contributed by atoms with E-state index in [-0.39, 0.29) is 11.4 Å². The van der Waals surface area contributed by atoms with E-state index in [2.05, 4.69) is 28.9 Å². The number of carbonyl (C=O) groups excluding carboxylic acids is 1. The van der Waals surface area contributed by atoms with Gasteiger partial charge in [-0.2, -0.15) is 0 Å². The molecule has 4 bridgehead atoms. The summed E-state index contributed by atoms with van der Waals surface area (Å²) in [6.07, 6.45) is 9.57. The number of para-hydroxylation sites is 2. The maximum absolute atomic E-state index is 12.7.